The van der Waals surface area contributed by atoms with Crippen LogP contribution in [0.15, 0.2) is 12.2 Å². The number of alkyl halides is 1. The van der Waals surface area contributed by atoms with Gasteiger partial charge in [0.05, 0.1) is 0 Å². The minimum Gasteiger partial charge on any atom is -0.433 e. The van der Waals surface area contributed by atoms with Crippen molar-refractivity contribution in [3.05, 3.63) is 12.2 Å². The van der Waals surface area contributed by atoms with Crippen molar-refractivity contribution in [3.8, 4) is 0 Å². The van der Waals surface area contributed by atoms with Gasteiger partial charge in [-0.25, -0.2) is 4.79 Å². The molecule has 0 aliphatic rings. The first-order valence-corrected chi connectivity index (χ1v) is 3.46. The Balaban J connectivity index is 3.95. The van der Waals surface area contributed by atoms with E-state index in [9.17, 15) is 9.59 Å². The first kappa shape index (κ1) is 10.5. The molecule has 5 heteroatoms. The standard InChI is InChI=1S/C6H6Cl2O3/c1-3(2)6(10)11-5(8)4(7)9/h5H,1H2,2H3. The molecule has 0 amide bonds. The van der Waals surface area contributed by atoms with E-state index in [0.717, 1.165) is 0 Å². The molecule has 0 bridgehead atoms. The zero-order valence-corrected chi connectivity index (χ0v) is 7.28. The highest BCUT2D eigenvalue weighted by Gasteiger charge is 2.17. The first-order chi connectivity index (χ1) is 4.95. The number of carbonyl (C=O) groups is 2. The van der Waals surface area contributed by atoms with Crippen LogP contribution in [-0.4, -0.2) is 16.8 Å². The summed E-state index contributed by atoms with van der Waals surface area (Å²) < 4.78 is 4.32. The zero-order chi connectivity index (χ0) is 9.02. The van der Waals surface area contributed by atoms with E-state index in [-0.39, 0.29) is 5.57 Å². The Bertz CT molecular complexity index is 200. The lowest BCUT2D eigenvalue weighted by molar-refractivity contribution is -0.144. The lowest BCUT2D eigenvalue weighted by atomic mass is 10.4. The second-order valence-corrected chi connectivity index (χ2v) is 2.57. The molecule has 0 aromatic rings. The highest BCUT2D eigenvalue weighted by atomic mass is 35.5. The summed E-state index contributed by atoms with van der Waals surface area (Å²) in [5.41, 5.74) is -1.27. The van der Waals surface area contributed by atoms with Gasteiger partial charge in [-0.05, 0) is 18.5 Å². The second-order valence-electron chi connectivity index (χ2n) is 1.81. The summed E-state index contributed by atoms with van der Waals surface area (Å²) in [5, 5.41) is -0.929. The fourth-order valence-electron chi connectivity index (χ4n) is 0.241. The van der Waals surface area contributed by atoms with Crippen LogP contribution in [0.2, 0.25) is 0 Å². The second kappa shape index (κ2) is 4.36. The fraction of sp³-hybridized carbons (Fsp3) is 0.333. The third kappa shape index (κ3) is 4.01. The quantitative estimate of drug-likeness (QED) is 0.297. The van der Waals surface area contributed by atoms with Crippen LogP contribution >= 0.6 is 23.2 Å². The normalized spacial score (nSPS) is 11.9. The number of hydrogen-bond donors (Lipinski definition) is 0. The minimum atomic E-state index is -1.43. The van der Waals surface area contributed by atoms with Gasteiger partial charge in [-0.1, -0.05) is 18.2 Å². The number of halogens is 2. The molecule has 3 nitrogen and oxygen atoms in total. The van der Waals surface area contributed by atoms with Crippen molar-refractivity contribution >= 4 is 34.4 Å². The first-order valence-electron chi connectivity index (χ1n) is 2.65. The molecule has 0 heterocycles. The summed E-state index contributed by atoms with van der Waals surface area (Å²) in [6.45, 7) is 4.72. The van der Waals surface area contributed by atoms with Crippen LogP contribution in [-0.2, 0) is 14.3 Å². The molecule has 0 aromatic heterocycles. The lowest BCUT2D eigenvalue weighted by Crippen LogP contribution is -2.18. The fourth-order valence-corrected chi connectivity index (χ4v) is 0.366. The minimum absolute atomic E-state index is 0.161. The summed E-state index contributed by atoms with van der Waals surface area (Å²) in [6, 6.07) is 0. The van der Waals surface area contributed by atoms with E-state index < -0.39 is 16.8 Å². The Labute approximate surface area is 73.9 Å². The van der Waals surface area contributed by atoms with E-state index in [1.807, 2.05) is 0 Å². The predicted octanol–water partition coefficient (Wildman–Crippen LogP) is 1.44. The highest BCUT2D eigenvalue weighted by Crippen LogP contribution is 2.05. The molecule has 1 atom stereocenters. The van der Waals surface area contributed by atoms with Crippen LogP contribution in [0.3, 0.4) is 0 Å². The smallest absolute Gasteiger partial charge is 0.335 e. The molecule has 0 aromatic carbocycles. The number of esters is 1. The Morgan fingerprint density at radius 2 is 2.00 bits per heavy atom. The van der Waals surface area contributed by atoms with Crippen molar-refractivity contribution in [1.82, 2.24) is 0 Å². The van der Waals surface area contributed by atoms with Crippen LogP contribution in [0.1, 0.15) is 6.92 Å². The third-order valence-electron chi connectivity index (χ3n) is 0.737. The van der Waals surface area contributed by atoms with Crippen LogP contribution in [0.4, 0.5) is 0 Å². The number of rotatable bonds is 3. The molecular formula is C6H6Cl2O3. The Hall–Kier alpha value is -0.540. The van der Waals surface area contributed by atoms with Gasteiger partial charge >= 0.3 is 5.97 Å². The number of hydrogen-bond acceptors (Lipinski definition) is 3. The average molecular weight is 197 g/mol. The maximum atomic E-state index is 10.6. The van der Waals surface area contributed by atoms with Crippen molar-refractivity contribution < 1.29 is 14.3 Å². The van der Waals surface area contributed by atoms with E-state index in [0.29, 0.717) is 0 Å². The molecule has 0 saturated carbocycles. The molecule has 0 aliphatic carbocycles. The topological polar surface area (TPSA) is 43.4 Å². The predicted molar refractivity (Wildman–Crippen MR) is 41.4 cm³/mol. The molecular weight excluding hydrogens is 191 g/mol. The monoisotopic (exact) mass is 196 g/mol. The summed E-state index contributed by atoms with van der Waals surface area (Å²) in [4.78, 5) is 20.9. The summed E-state index contributed by atoms with van der Waals surface area (Å²) in [7, 11) is 0. The molecule has 62 valence electrons. The van der Waals surface area contributed by atoms with Gasteiger partial charge in [0, 0.05) is 5.57 Å². The van der Waals surface area contributed by atoms with Crippen molar-refractivity contribution in [2.45, 2.75) is 12.5 Å². The maximum Gasteiger partial charge on any atom is 0.335 e. The Morgan fingerprint density at radius 3 is 2.27 bits per heavy atom. The van der Waals surface area contributed by atoms with Crippen molar-refractivity contribution in [3.63, 3.8) is 0 Å². The average Bonchev–Trinajstić information content (AvgIpc) is 1.87. The molecule has 1 unspecified atom stereocenters. The van der Waals surface area contributed by atoms with Crippen LogP contribution in [0.5, 0.6) is 0 Å². The van der Waals surface area contributed by atoms with Gasteiger partial charge in [-0.3, -0.25) is 4.79 Å². The zero-order valence-electron chi connectivity index (χ0n) is 5.77. The molecule has 0 saturated heterocycles. The number of carbonyl (C=O) groups excluding carboxylic acids is 2. The Kier molecular flexibility index (Phi) is 4.15. The van der Waals surface area contributed by atoms with Crippen molar-refractivity contribution in [2.75, 3.05) is 0 Å². The molecule has 11 heavy (non-hydrogen) atoms. The van der Waals surface area contributed by atoms with E-state index in [1.54, 1.807) is 0 Å². The van der Waals surface area contributed by atoms with Crippen LogP contribution in [0.25, 0.3) is 0 Å². The van der Waals surface area contributed by atoms with Crippen molar-refractivity contribution in [1.29, 1.82) is 0 Å². The van der Waals surface area contributed by atoms with Gasteiger partial charge in [-0.15, -0.1) is 0 Å². The molecule has 0 fully saturated rings. The molecule has 0 aliphatic heterocycles. The van der Waals surface area contributed by atoms with Gasteiger partial charge in [0.1, 0.15) is 0 Å². The van der Waals surface area contributed by atoms with Gasteiger partial charge < -0.3 is 4.74 Å². The summed E-state index contributed by atoms with van der Waals surface area (Å²) >= 11 is 10.1. The van der Waals surface area contributed by atoms with Gasteiger partial charge in [0.15, 0.2) is 0 Å². The number of ether oxygens (including phenoxy) is 1. The third-order valence-corrected chi connectivity index (χ3v) is 1.33. The van der Waals surface area contributed by atoms with Crippen LogP contribution < -0.4 is 0 Å². The Morgan fingerprint density at radius 1 is 1.55 bits per heavy atom. The summed E-state index contributed by atoms with van der Waals surface area (Å²) in [6.07, 6.45) is 0. The van der Waals surface area contributed by atoms with Gasteiger partial charge in [-0.2, -0.15) is 0 Å². The highest BCUT2D eigenvalue weighted by molar-refractivity contribution is 6.68. The van der Waals surface area contributed by atoms with Crippen LogP contribution in [0, 0.1) is 0 Å². The summed E-state index contributed by atoms with van der Waals surface area (Å²) in [5.74, 6) is -0.737. The van der Waals surface area contributed by atoms with E-state index in [2.05, 4.69) is 11.3 Å². The molecule has 0 rings (SSSR count). The lowest BCUT2D eigenvalue weighted by Gasteiger charge is -2.05. The molecule has 0 radical (unpaired) electrons. The van der Waals surface area contributed by atoms with E-state index >= 15 is 0 Å². The van der Waals surface area contributed by atoms with Gasteiger partial charge in [0.2, 0.25) is 5.56 Å². The molecule has 0 N–H and O–H groups in total. The largest absolute Gasteiger partial charge is 0.433 e. The molecule has 0 spiro atoms. The SMILES string of the molecule is C=C(C)C(=O)OC(Cl)C(=O)Cl. The maximum absolute atomic E-state index is 10.6. The van der Waals surface area contributed by atoms with Crippen molar-refractivity contribution in [2.24, 2.45) is 0 Å². The van der Waals surface area contributed by atoms with E-state index in [1.165, 1.54) is 6.92 Å². The van der Waals surface area contributed by atoms with Gasteiger partial charge in [0.25, 0.3) is 5.24 Å². The van der Waals surface area contributed by atoms with E-state index in [4.69, 9.17) is 23.2 Å².